The second-order valence-electron chi connectivity index (χ2n) is 5.81. The standard InChI is InChI=1S/C13H25NO3/c1-9(2)7-13(3,16)8-14-11(10-5-6-10)12(15)17-4/h9-11,14,16H,5-8H2,1-4H3. The highest BCUT2D eigenvalue weighted by molar-refractivity contribution is 5.76. The number of hydrogen-bond acceptors (Lipinski definition) is 4. The number of methoxy groups -OCH3 is 1. The number of hydrogen-bond donors (Lipinski definition) is 2. The van der Waals surface area contributed by atoms with E-state index in [2.05, 4.69) is 19.2 Å². The van der Waals surface area contributed by atoms with Gasteiger partial charge in [-0.3, -0.25) is 4.79 Å². The number of nitrogens with one attached hydrogen (secondary N) is 1. The molecule has 1 aliphatic carbocycles. The van der Waals surface area contributed by atoms with Gasteiger partial charge in [0.15, 0.2) is 0 Å². The smallest absolute Gasteiger partial charge is 0.323 e. The summed E-state index contributed by atoms with van der Waals surface area (Å²) in [6.07, 6.45) is 2.86. The van der Waals surface area contributed by atoms with Crippen molar-refractivity contribution in [1.82, 2.24) is 5.32 Å². The highest BCUT2D eigenvalue weighted by Crippen LogP contribution is 2.33. The third-order valence-corrected chi connectivity index (χ3v) is 3.10. The number of ether oxygens (including phenoxy) is 1. The molecule has 0 aliphatic heterocycles. The van der Waals surface area contributed by atoms with Gasteiger partial charge < -0.3 is 15.2 Å². The van der Waals surface area contributed by atoms with Crippen molar-refractivity contribution in [2.24, 2.45) is 11.8 Å². The Morgan fingerprint density at radius 3 is 2.53 bits per heavy atom. The Balaban J connectivity index is 2.43. The molecule has 17 heavy (non-hydrogen) atoms. The maximum atomic E-state index is 11.6. The molecule has 1 saturated carbocycles. The third-order valence-electron chi connectivity index (χ3n) is 3.10. The number of carbonyl (C=O) groups excluding carboxylic acids is 1. The van der Waals surface area contributed by atoms with E-state index in [1.807, 2.05) is 0 Å². The van der Waals surface area contributed by atoms with Gasteiger partial charge >= 0.3 is 5.97 Å². The van der Waals surface area contributed by atoms with Gasteiger partial charge in [-0.2, -0.15) is 0 Å². The molecular formula is C13H25NO3. The molecule has 0 aromatic heterocycles. The van der Waals surface area contributed by atoms with E-state index in [0.717, 1.165) is 19.3 Å². The van der Waals surface area contributed by atoms with Crippen LogP contribution in [-0.2, 0) is 9.53 Å². The van der Waals surface area contributed by atoms with Gasteiger partial charge in [0.2, 0.25) is 0 Å². The Morgan fingerprint density at radius 2 is 2.12 bits per heavy atom. The van der Waals surface area contributed by atoms with Gasteiger partial charge in [-0.25, -0.2) is 0 Å². The molecular weight excluding hydrogens is 218 g/mol. The molecule has 4 heteroatoms. The monoisotopic (exact) mass is 243 g/mol. The van der Waals surface area contributed by atoms with Crippen LogP contribution in [0.5, 0.6) is 0 Å². The summed E-state index contributed by atoms with van der Waals surface area (Å²) in [5, 5.41) is 13.3. The summed E-state index contributed by atoms with van der Waals surface area (Å²) in [7, 11) is 1.41. The molecule has 0 amide bonds. The van der Waals surface area contributed by atoms with Crippen LogP contribution in [0.15, 0.2) is 0 Å². The van der Waals surface area contributed by atoms with E-state index in [4.69, 9.17) is 4.74 Å². The summed E-state index contributed by atoms with van der Waals surface area (Å²) in [5.41, 5.74) is -0.769. The van der Waals surface area contributed by atoms with Gasteiger partial charge in [-0.15, -0.1) is 0 Å². The first-order chi connectivity index (χ1) is 7.85. The molecule has 100 valence electrons. The van der Waals surface area contributed by atoms with Crippen LogP contribution in [0.1, 0.15) is 40.0 Å². The lowest BCUT2D eigenvalue weighted by molar-refractivity contribution is -0.144. The summed E-state index contributed by atoms with van der Waals surface area (Å²) in [4.78, 5) is 11.6. The van der Waals surface area contributed by atoms with Crippen LogP contribution < -0.4 is 5.32 Å². The van der Waals surface area contributed by atoms with Gasteiger partial charge in [-0.05, 0) is 38.0 Å². The van der Waals surface area contributed by atoms with Crippen LogP contribution in [0.2, 0.25) is 0 Å². The zero-order valence-electron chi connectivity index (χ0n) is 11.3. The highest BCUT2D eigenvalue weighted by atomic mass is 16.5. The van der Waals surface area contributed by atoms with Crippen molar-refractivity contribution in [1.29, 1.82) is 0 Å². The minimum atomic E-state index is -0.769. The van der Waals surface area contributed by atoms with Crippen molar-refractivity contribution < 1.29 is 14.6 Å². The molecule has 2 N–H and O–H groups in total. The number of rotatable bonds is 7. The van der Waals surface area contributed by atoms with Crippen LogP contribution in [0.3, 0.4) is 0 Å². The van der Waals surface area contributed by atoms with Crippen LogP contribution in [0, 0.1) is 11.8 Å². The molecule has 1 rings (SSSR count). The summed E-state index contributed by atoms with van der Waals surface area (Å²) in [5.74, 6) is 0.606. The first-order valence-electron chi connectivity index (χ1n) is 6.39. The van der Waals surface area contributed by atoms with E-state index in [-0.39, 0.29) is 12.0 Å². The first-order valence-corrected chi connectivity index (χ1v) is 6.39. The van der Waals surface area contributed by atoms with E-state index in [0.29, 0.717) is 18.4 Å². The lowest BCUT2D eigenvalue weighted by Gasteiger charge is -2.28. The lowest BCUT2D eigenvalue weighted by Crippen LogP contribution is -2.47. The lowest BCUT2D eigenvalue weighted by atomic mass is 9.94. The Kier molecular flexibility index (Phi) is 4.95. The fraction of sp³-hybridized carbons (Fsp3) is 0.923. The minimum absolute atomic E-state index is 0.215. The second kappa shape index (κ2) is 5.83. The van der Waals surface area contributed by atoms with E-state index < -0.39 is 5.60 Å². The fourth-order valence-electron chi connectivity index (χ4n) is 2.28. The normalized spacial score (nSPS) is 21.1. The quantitative estimate of drug-likeness (QED) is 0.662. The molecule has 0 spiro atoms. The van der Waals surface area contributed by atoms with Crippen LogP contribution in [0.25, 0.3) is 0 Å². The maximum absolute atomic E-state index is 11.6. The number of esters is 1. The highest BCUT2D eigenvalue weighted by Gasteiger charge is 2.37. The second-order valence-corrected chi connectivity index (χ2v) is 5.81. The molecule has 0 aromatic rings. The molecule has 1 fully saturated rings. The maximum Gasteiger partial charge on any atom is 0.323 e. The summed E-state index contributed by atoms with van der Waals surface area (Å²) >= 11 is 0. The van der Waals surface area contributed by atoms with Gasteiger partial charge in [0.1, 0.15) is 6.04 Å². The SMILES string of the molecule is COC(=O)C(NCC(C)(O)CC(C)C)C1CC1. The molecule has 0 saturated heterocycles. The predicted octanol–water partition coefficient (Wildman–Crippen LogP) is 1.32. The topological polar surface area (TPSA) is 58.6 Å². The predicted molar refractivity (Wildman–Crippen MR) is 66.6 cm³/mol. The van der Waals surface area contributed by atoms with Crippen molar-refractivity contribution in [3.05, 3.63) is 0 Å². The van der Waals surface area contributed by atoms with E-state index in [9.17, 15) is 9.90 Å². The summed E-state index contributed by atoms with van der Waals surface area (Å²) < 4.78 is 4.78. The third kappa shape index (κ3) is 5.04. The average Bonchev–Trinajstić information content (AvgIpc) is 2.99. The van der Waals surface area contributed by atoms with E-state index in [1.165, 1.54) is 7.11 Å². The van der Waals surface area contributed by atoms with Gasteiger partial charge in [-0.1, -0.05) is 13.8 Å². The van der Waals surface area contributed by atoms with Crippen LogP contribution in [0.4, 0.5) is 0 Å². The van der Waals surface area contributed by atoms with Crippen LogP contribution >= 0.6 is 0 Å². The number of aliphatic hydroxyl groups is 1. The van der Waals surface area contributed by atoms with Crippen molar-refractivity contribution in [2.45, 2.75) is 51.7 Å². The van der Waals surface area contributed by atoms with Gasteiger partial charge in [0.05, 0.1) is 12.7 Å². The summed E-state index contributed by atoms with van der Waals surface area (Å²) in [6.45, 7) is 6.39. The molecule has 2 unspecified atom stereocenters. The average molecular weight is 243 g/mol. The van der Waals surface area contributed by atoms with Crippen molar-refractivity contribution in [3.8, 4) is 0 Å². The van der Waals surface area contributed by atoms with Crippen molar-refractivity contribution >= 4 is 5.97 Å². The van der Waals surface area contributed by atoms with Gasteiger partial charge in [0.25, 0.3) is 0 Å². The zero-order chi connectivity index (χ0) is 13.1. The molecule has 0 radical (unpaired) electrons. The Labute approximate surface area is 104 Å². The Morgan fingerprint density at radius 1 is 1.53 bits per heavy atom. The van der Waals surface area contributed by atoms with Crippen molar-refractivity contribution in [2.75, 3.05) is 13.7 Å². The molecule has 0 heterocycles. The molecule has 0 bridgehead atoms. The van der Waals surface area contributed by atoms with E-state index >= 15 is 0 Å². The first kappa shape index (κ1) is 14.5. The Hall–Kier alpha value is -0.610. The molecule has 0 aromatic carbocycles. The Bertz CT molecular complexity index is 259. The van der Waals surface area contributed by atoms with Gasteiger partial charge in [0, 0.05) is 6.54 Å². The van der Waals surface area contributed by atoms with E-state index in [1.54, 1.807) is 6.92 Å². The fourth-order valence-corrected chi connectivity index (χ4v) is 2.28. The zero-order valence-corrected chi connectivity index (χ0v) is 11.3. The largest absolute Gasteiger partial charge is 0.468 e. The summed E-state index contributed by atoms with van der Waals surface area (Å²) in [6, 6.07) is -0.251. The number of carbonyl (C=O) groups is 1. The van der Waals surface area contributed by atoms with Crippen LogP contribution in [-0.4, -0.2) is 36.4 Å². The molecule has 4 nitrogen and oxygen atoms in total. The minimum Gasteiger partial charge on any atom is -0.468 e. The molecule has 1 aliphatic rings. The molecule has 2 atom stereocenters. The van der Waals surface area contributed by atoms with Crippen molar-refractivity contribution in [3.63, 3.8) is 0 Å².